The molecule has 1 aliphatic rings. The number of carbonyl (C=O) groups excluding carboxylic acids is 2. The molecule has 1 saturated heterocycles. The van der Waals surface area contributed by atoms with Gasteiger partial charge in [0.05, 0.1) is 10.7 Å². The first kappa shape index (κ1) is 22.2. The van der Waals surface area contributed by atoms with Gasteiger partial charge in [-0.3, -0.25) is 9.59 Å². The number of halogens is 2. The van der Waals surface area contributed by atoms with E-state index in [2.05, 4.69) is 10.2 Å². The third-order valence-corrected chi connectivity index (χ3v) is 5.98. The number of nitrogens with one attached hydrogen (secondary N) is 1. The summed E-state index contributed by atoms with van der Waals surface area (Å²) >= 11 is 12.6. The van der Waals surface area contributed by atoms with Gasteiger partial charge in [-0.1, -0.05) is 23.2 Å². The van der Waals surface area contributed by atoms with Crippen LogP contribution in [-0.2, 0) is 9.59 Å². The SMILES string of the molecule is CC(=O)N1CCN(c2ccc(NC(=O)COc3cc(C)c(Cl)c(C)c3)cc2Cl)CC1. The van der Waals surface area contributed by atoms with Gasteiger partial charge in [0, 0.05) is 43.8 Å². The van der Waals surface area contributed by atoms with Crippen molar-refractivity contribution in [2.24, 2.45) is 0 Å². The summed E-state index contributed by atoms with van der Waals surface area (Å²) in [7, 11) is 0. The van der Waals surface area contributed by atoms with Crippen molar-refractivity contribution in [3.05, 3.63) is 51.5 Å². The van der Waals surface area contributed by atoms with Gasteiger partial charge in [-0.15, -0.1) is 0 Å². The molecule has 3 rings (SSSR count). The molecule has 0 unspecified atom stereocenters. The smallest absolute Gasteiger partial charge is 0.262 e. The highest BCUT2D eigenvalue weighted by atomic mass is 35.5. The quantitative estimate of drug-likeness (QED) is 0.738. The average Bonchev–Trinajstić information content (AvgIpc) is 2.70. The second-order valence-corrected chi connectivity index (χ2v) is 8.15. The highest BCUT2D eigenvalue weighted by molar-refractivity contribution is 6.33. The molecular formula is C22H25Cl2N3O3. The number of amides is 2. The summed E-state index contributed by atoms with van der Waals surface area (Å²) in [6, 6.07) is 9.03. The van der Waals surface area contributed by atoms with Crippen molar-refractivity contribution in [2.75, 3.05) is 43.0 Å². The van der Waals surface area contributed by atoms with E-state index in [0.29, 0.717) is 34.6 Å². The van der Waals surface area contributed by atoms with Crippen LogP contribution in [0.5, 0.6) is 5.75 Å². The van der Waals surface area contributed by atoms with Gasteiger partial charge in [0.2, 0.25) is 5.91 Å². The zero-order valence-corrected chi connectivity index (χ0v) is 18.8. The minimum Gasteiger partial charge on any atom is -0.484 e. The number of rotatable bonds is 5. The third kappa shape index (κ3) is 5.37. The molecule has 0 spiro atoms. The predicted molar refractivity (Wildman–Crippen MR) is 121 cm³/mol. The van der Waals surface area contributed by atoms with E-state index >= 15 is 0 Å². The van der Waals surface area contributed by atoms with E-state index in [4.69, 9.17) is 27.9 Å². The minimum absolute atomic E-state index is 0.0879. The maximum atomic E-state index is 12.3. The van der Waals surface area contributed by atoms with Crippen LogP contribution in [0.1, 0.15) is 18.1 Å². The van der Waals surface area contributed by atoms with E-state index in [1.807, 2.05) is 30.9 Å². The molecule has 2 amide bonds. The zero-order chi connectivity index (χ0) is 21.8. The van der Waals surface area contributed by atoms with Crippen molar-refractivity contribution in [1.29, 1.82) is 0 Å². The van der Waals surface area contributed by atoms with Crippen LogP contribution in [-0.4, -0.2) is 49.5 Å². The number of hydrogen-bond donors (Lipinski definition) is 1. The molecule has 1 N–H and O–H groups in total. The fourth-order valence-corrected chi connectivity index (χ4v) is 3.85. The Bertz CT molecular complexity index is 934. The molecule has 0 saturated carbocycles. The van der Waals surface area contributed by atoms with Crippen molar-refractivity contribution in [3.8, 4) is 5.75 Å². The molecule has 2 aromatic rings. The Balaban J connectivity index is 1.56. The molecular weight excluding hydrogens is 425 g/mol. The van der Waals surface area contributed by atoms with Gasteiger partial charge in [-0.05, 0) is 55.3 Å². The Morgan fingerprint density at radius 3 is 2.23 bits per heavy atom. The normalized spacial score (nSPS) is 13.9. The van der Waals surface area contributed by atoms with Crippen LogP contribution >= 0.6 is 23.2 Å². The lowest BCUT2D eigenvalue weighted by molar-refractivity contribution is -0.129. The van der Waals surface area contributed by atoms with Gasteiger partial charge >= 0.3 is 0 Å². The fraction of sp³-hybridized carbons (Fsp3) is 0.364. The average molecular weight is 450 g/mol. The van der Waals surface area contributed by atoms with Gasteiger partial charge in [-0.2, -0.15) is 0 Å². The van der Waals surface area contributed by atoms with E-state index in [1.54, 1.807) is 25.1 Å². The van der Waals surface area contributed by atoms with Gasteiger partial charge < -0.3 is 19.9 Å². The summed E-state index contributed by atoms with van der Waals surface area (Å²) in [5, 5.41) is 4.05. The Hall–Kier alpha value is -2.44. The third-order valence-electron chi connectivity index (χ3n) is 5.08. The van der Waals surface area contributed by atoms with Gasteiger partial charge in [0.25, 0.3) is 5.91 Å². The van der Waals surface area contributed by atoms with Crippen LogP contribution in [0.15, 0.2) is 30.3 Å². The molecule has 1 heterocycles. The maximum Gasteiger partial charge on any atom is 0.262 e. The lowest BCUT2D eigenvalue weighted by Crippen LogP contribution is -2.48. The number of hydrogen-bond acceptors (Lipinski definition) is 4. The summed E-state index contributed by atoms with van der Waals surface area (Å²) in [5.41, 5.74) is 3.29. The van der Waals surface area contributed by atoms with Crippen LogP contribution in [0, 0.1) is 13.8 Å². The van der Waals surface area contributed by atoms with Crippen molar-refractivity contribution < 1.29 is 14.3 Å². The first-order chi connectivity index (χ1) is 14.2. The number of carbonyl (C=O) groups is 2. The molecule has 0 aromatic heterocycles. The lowest BCUT2D eigenvalue weighted by Gasteiger charge is -2.36. The Morgan fingerprint density at radius 2 is 1.67 bits per heavy atom. The molecule has 8 heteroatoms. The van der Waals surface area contributed by atoms with E-state index in [1.165, 1.54) is 0 Å². The first-order valence-corrected chi connectivity index (χ1v) is 10.5. The van der Waals surface area contributed by atoms with Crippen molar-refractivity contribution in [3.63, 3.8) is 0 Å². The molecule has 2 aromatic carbocycles. The maximum absolute atomic E-state index is 12.3. The molecule has 160 valence electrons. The Kier molecular flexibility index (Phi) is 7.10. The monoisotopic (exact) mass is 449 g/mol. The Labute approximate surface area is 186 Å². The molecule has 0 atom stereocenters. The molecule has 1 aliphatic heterocycles. The van der Waals surface area contributed by atoms with Gasteiger partial charge in [0.1, 0.15) is 5.75 Å². The summed E-state index contributed by atoms with van der Waals surface area (Å²) in [5.74, 6) is 0.409. The van der Waals surface area contributed by atoms with E-state index < -0.39 is 0 Å². The number of anilines is 2. The van der Waals surface area contributed by atoms with Crippen LogP contribution < -0.4 is 15.0 Å². The summed E-state index contributed by atoms with van der Waals surface area (Å²) in [4.78, 5) is 27.7. The molecule has 0 radical (unpaired) electrons. The lowest BCUT2D eigenvalue weighted by atomic mass is 10.1. The molecule has 0 aliphatic carbocycles. The molecule has 0 bridgehead atoms. The summed E-state index contributed by atoms with van der Waals surface area (Å²) in [6.45, 7) is 8.04. The fourth-order valence-electron chi connectivity index (χ4n) is 3.44. The standard InChI is InChI=1S/C22H25Cl2N3O3/c1-14-10-18(11-15(2)22(14)24)30-13-21(29)25-17-4-5-20(19(23)12-17)27-8-6-26(7-9-27)16(3)28/h4-5,10-12H,6-9,13H2,1-3H3,(H,25,29). The zero-order valence-electron chi connectivity index (χ0n) is 17.3. The number of benzene rings is 2. The first-order valence-electron chi connectivity index (χ1n) is 9.74. The van der Waals surface area contributed by atoms with E-state index in [-0.39, 0.29) is 18.4 Å². The molecule has 1 fully saturated rings. The van der Waals surface area contributed by atoms with Crippen LogP contribution in [0.4, 0.5) is 11.4 Å². The number of nitrogens with zero attached hydrogens (tertiary/aromatic N) is 2. The van der Waals surface area contributed by atoms with Crippen molar-refractivity contribution in [1.82, 2.24) is 4.90 Å². The molecule has 30 heavy (non-hydrogen) atoms. The van der Waals surface area contributed by atoms with Gasteiger partial charge in [-0.25, -0.2) is 0 Å². The molecule has 6 nitrogen and oxygen atoms in total. The predicted octanol–water partition coefficient (Wildman–Crippen LogP) is 4.30. The minimum atomic E-state index is -0.279. The van der Waals surface area contributed by atoms with Gasteiger partial charge in [0.15, 0.2) is 6.61 Å². The Morgan fingerprint density at radius 1 is 1.03 bits per heavy atom. The summed E-state index contributed by atoms with van der Waals surface area (Å²) < 4.78 is 5.59. The van der Waals surface area contributed by atoms with Crippen molar-refractivity contribution in [2.45, 2.75) is 20.8 Å². The largest absolute Gasteiger partial charge is 0.484 e. The van der Waals surface area contributed by atoms with E-state index in [0.717, 1.165) is 29.9 Å². The highest BCUT2D eigenvalue weighted by Gasteiger charge is 2.20. The van der Waals surface area contributed by atoms with Crippen LogP contribution in [0.25, 0.3) is 0 Å². The van der Waals surface area contributed by atoms with E-state index in [9.17, 15) is 9.59 Å². The topological polar surface area (TPSA) is 61.9 Å². The van der Waals surface area contributed by atoms with Crippen LogP contribution in [0.3, 0.4) is 0 Å². The van der Waals surface area contributed by atoms with Crippen molar-refractivity contribution >= 4 is 46.4 Å². The number of aryl methyl sites for hydroxylation is 2. The number of ether oxygens (including phenoxy) is 1. The summed E-state index contributed by atoms with van der Waals surface area (Å²) in [6.07, 6.45) is 0. The highest BCUT2D eigenvalue weighted by Crippen LogP contribution is 2.30. The second kappa shape index (κ2) is 9.58. The second-order valence-electron chi connectivity index (χ2n) is 7.37. The number of piperazine rings is 1. The van der Waals surface area contributed by atoms with Crippen LogP contribution in [0.2, 0.25) is 10.0 Å².